The van der Waals surface area contributed by atoms with Gasteiger partial charge in [0.15, 0.2) is 11.2 Å². The van der Waals surface area contributed by atoms with Crippen molar-refractivity contribution in [3.8, 4) is 0 Å². The Kier molecular flexibility index (Phi) is 5.28. The van der Waals surface area contributed by atoms with Crippen molar-refractivity contribution in [3.05, 3.63) is 95.8 Å². The zero-order valence-corrected chi connectivity index (χ0v) is 17.6. The Hall–Kier alpha value is -3.78. The lowest BCUT2D eigenvalue weighted by Crippen LogP contribution is -2.40. The third kappa shape index (κ3) is 3.80. The highest BCUT2D eigenvalue weighted by Crippen LogP contribution is 2.37. The third-order valence-corrected chi connectivity index (χ3v) is 5.98. The number of nitrogens with one attached hydrogen (secondary N) is 1. The number of carbonyl (C=O) groups excluding carboxylic acids is 2. The fraction of sp³-hybridized carbons (Fsp3) is 0.0833. The summed E-state index contributed by atoms with van der Waals surface area (Å²) >= 11 is 1.16. The molecule has 3 aromatic carbocycles. The zero-order chi connectivity index (χ0) is 22.1. The number of hydrogen-bond acceptors (Lipinski definition) is 5. The lowest BCUT2D eigenvalue weighted by molar-refractivity contribution is -0.124. The molecule has 2 aliphatic heterocycles. The number of anilines is 1. The molecule has 2 amide bonds. The van der Waals surface area contributed by atoms with E-state index in [1.807, 2.05) is 54.6 Å². The number of nitrogens with zero attached hydrogens (tertiary/aromatic N) is 3. The van der Waals surface area contributed by atoms with Crippen molar-refractivity contribution in [1.29, 1.82) is 0 Å². The average Bonchev–Trinajstić information content (AvgIpc) is 3.17. The summed E-state index contributed by atoms with van der Waals surface area (Å²) in [4.78, 5) is 36.6. The van der Waals surface area contributed by atoms with Crippen molar-refractivity contribution in [2.45, 2.75) is 6.04 Å². The van der Waals surface area contributed by atoms with E-state index in [4.69, 9.17) is 4.99 Å². The molecule has 6 nitrogen and oxygen atoms in total. The van der Waals surface area contributed by atoms with Gasteiger partial charge >= 0.3 is 0 Å². The molecule has 0 saturated carbocycles. The van der Waals surface area contributed by atoms with Crippen LogP contribution in [0.2, 0.25) is 0 Å². The molecule has 0 radical (unpaired) electrons. The second kappa shape index (κ2) is 8.39. The number of halogens is 1. The van der Waals surface area contributed by atoms with Crippen molar-refractivity contribution in [2.75, 3.05) is 11.1 Å². The van der Waals surface area contributed by atoms with E-state index in [1.54, 1.807) is 0 Å². The Labute approximate surface area is 187 Å². The van der Waals surface area contributed by atoms with Gasteiger partial charge in [-0.2, -0.15) is 0 Å². The van der Waals surface area contributed by atoms with E-state index in [0.717, 1.165) is 22.9 Å². The number of thioether (sulfide) groups is 1. The van der Waals surface area contributed by atoms with Gasteiger partial charge in [-0.1, -0.05) is 54.2 Å². The first kappa shape index (κ1) is 20.1. The molecular formula is C24H17FN4O2S. The van der Waals surface area contributed by atoms with Crippen molar-refractivity contribution in [2.24, 2.45) is 9.98 Å². The van der Waals surface area contributed by atoms with E-state index in [2.05, 4.69) is 10.3 Å². The van der Waals surface area contributed by atoms with Gasteiger partial charge in [0.2, 0.25) is 5.91 Å². The van der Waals surface area contributed by atoms with Crippen molar-refractivity contribution in [3.63, 3.8) is 0 Å². The molecule has 0 bridgehead atoms. The summed E-state index contributed by atoms with van der Waals surface area (Å²) in [5.74, 6) is -0.291. The number of carbonyl (C=O) groups is 2. The molecule has 5 rings (SSSR count). The van der Waals surface area contributed by atoms with Gasteiger partial charge < -0.3 is 5.32 Å². The van der Waals surface area contributed by atoms with E-state index in [-0.39, 0.29) is 23.4 Å². The highest BCUT2D eigenvalue weighted by atomic mass is 32.2. The first-order valence-corrected chi connectivity index (χ1v) is 10.9. The Balaban J connectivity index is 1.40. The molecule has 0 aromatic heterocycles. The molecule has 0 aliphatic carbocycles. The summed E-state index contributed by atoms with van der Waals surface area (Å²) < 4.78 is 13.1. The van der Waals surface area contributed by atoms with Crippen molar-refractivity contribution >= 4 is 46.0 Å². The number of hydrogen-bond donors (Lipinski definition) is 1. The quantitative estimate of drug-likeness (QED) is 0.643. The number of rotatable bonds is 4. The van der Waals surface area contributed by atoms with Crippen molar-refractivity contribution in [1.82, 2.24) is 4.90 Å². The van der Waals surface area contributed by atoms with Crippen LogP contribution in [0, 0.1) is 5.82 Å². The van der Waals surface area contributed by atoms with Crippen LogP contribution < -0.4 is 5.32 Å². The van der Waals surface area contributed by atoms with Crippen LogP contribution in [0.4, 0.5) is 15.8 Å². The minimum Gasteiger partial charge on any atom is -0.325 e. The lowest BCUT2D eigenvalue weighted by atomic mass is 10.1. The summed E-state index contributed by atoms with van der Waals surface area (Å²) in [7, 11) is 0. The fourth-order valence-corrected chi connectivity index (χ4v) is 4.36. The van der Waals surface area contributed by atoms with Crippen LogP contribution >= 0.6 is 11.8 Å². The smallest absolute Gasteiger partial charge is 0.263 e. The van der Waals surface area contributed by atoms with Gasteiger partial charge in [-0.05, 0) is 42.0 Å². The van der Waals surface area contributed by atoms with E-state index < -0.39 is 6.04 Å². The number of para-hydroxylation sites is 1. The number of benzene rings is 3. The molecule has 3 aromatic rings. The fourth-order valence-electron chi connectivity index (χ4n) is 3.56. The van der Waals surface area contributed by atoms with E-state index in [9.17, 15) is 14.0 Å². The van der Waals surface area contributed by atoms with Crippen LogP contribution in [-0.4, -0.2) is 33.5 Å². The SMILES string of the molecule is O=C(CSC1=Nc2ccccc2C2=N[C@H](c3ccccc3)C(=O)N12)Nc1ccc(F)cc1. The molecule has 0 unspecified atom stereocenters. The second-order valence-electron chi connectivity index (χ2n) is 7.19. The average molecular weight is 444 g/mol. The van der Waals surface area contributed by atoms with Gasteiger partial charge in [-0.15, -0.1) is 0 Å². The number of amidine groups is 2. The van der Waals surface area contributed by atoms with Gasteiger partial charge in [0.05, 0.1) is 11.4 Å². The van der Waals surface area contributed by atoms with Crippen LogP contribution in [0.25, 0.3) is 0 Å². The van der Waals surface area contributed by atoms with Crippen LogP contribution in [0.5, 0.6) is 0 Å². The molecule has 2 heterocycles. The number of aliphatic imine (C=N–C) groups is 2. The normalized spacial score (nSPS) is 16.7. The summed E-state index contributed by atoms with van der Waals surface area (Å²) in [5, 5.41) is 3.12. The second-order valence-corrected chi connectivity index (χ2v) is 8.14. The van der Waals surface area contributed by atoms with Gasteiger partial charge in [0, 0.05) is 11.3 Å². The highest BCUT2D eigenvalue weighted by Gasteiger charge is 2.42. The molecule has 1 atom stereocenters. The van der Waals surface area contributed by atoms with Gasteiger partial charge in [0.1, 0.15) is 11.7 Å². The molecule has 0 fully saturated rings. The summed E-state index contributed by atoms with van der Waals surface area (Å²) in [6, 6.07) is 21.7. The van der Waals surface area contributed by atoms with Gasteiger partial charge in [-0.25, -0.2) is 19.3 Å². The molecule has 32 heavy (non-hydrogen) atoms. The number of fused-ring (bicyclic) bond motifs is 3. The van der Waals surface area contributed by atoms with Crippen LogP contribution in [0.1, 0.15) is 17.2 Å². The summed E-state index contributed by atoms with van der Waals surface area (Å²) in [6.45, 7) is 0. The Bertz CT molecular complexity index is 1260. The predicted octanol–water partition coefficient (Wildman–Crippen LogP) is 4.53. The van der Waals surface area contributed by atoms with E-state index in [0.29, 0.717) is 22.4 Å². The highest BCUT2D eigenvalue weighted by molar-refractivity contribution is 8.14. The minimum absolute atomic E-state index is 0.0332. The maximum atomic E-state index is 13.3. The maximum Gasteiger partial charge on any atom is 0.263 e. The van der Waals surface area contributed by atoms with Crippen LogP contribution in [-0.2, 0) is 9.59 Å². The van der Waals surface area contributed by atoms with E-state index in [1.165, 1.54) is 29.2 Å². The van der Waals surface area contributed by atoms with Gasteiger partial charge in [0.25, 0.3) is 5.91 Å². The largest absolute Gasteiger partial charge is 0.325 e. The first-order chi connectivity index (χ1) is 15.6. The predicted molar refractivity (Wildman–Crippen MR) is 124 cm³/mol. The Morgan fingerprint density at radius 3 is 2.50 bits per heavy atom. The van der Waals surface area contributed by atoms with Gasteiger partial charge in [-0.3, -0.25) is 9.59 Å². The monoisotopic (exact) mass is 444 g/mol. The molecule has 2 aliphatic rings. The van der Waals surface area contributed by atoms with Crippen LogP contribution in [0.3, 0.4) is 0 Å². The maximum absolute atomic E-state index is 13.3. The minimum atomic E-state index is -0.656. The third-order valence-electron chi connectivity index (χ3n) is 5.05. The first-order valence-electron chi connectivity index (χ1n) is 9.93. The standard InChI is InChI=1S/C24H17FN4O2S/c25-16-10-12-17(13-11-16)26-20(30)14-32-24-27-19-9-5-4-8-18(19)22-28-21(23(31)29(22)24)15-6-2-1-3-7-15/h1-13,21H,14H2,(H,26,30)/t21-/m1/s1. The summed E-state index contributed by atoms with van der Waals surface area (Å²) in [6.07, 6.45) is 0. The van der Waals surface area contributed by atoms with Crippen LogP contribution in [0.15, 0.2) is 88.8 Å². The van der Waals surface area contributed by atoms with Crippen molar-refractivity contribution < 1.29 is 14.0 Å². The molecule has 0 saturated heterocycles. The topological polar surface area (TPSA) is 74.1 Å². The summed E-state index contributed by atoms with van der Waals surface area (Å²) in [5.41, 5.74) is 2.77. The molecule has 158 valence electrons. The molecule has 1 N–H and O–H groups in total. The molecular weight excluding hydrogens is 427 g/mol. The Morgan fingerprint density at radius 1 is 1.00 bits per heavy atom. The zero-order valence-electron chi connectivity index (χ0n) is 16.7. The number of amides is 2. The Morgan fingerprint density at radius 2 is 1.72 bits per heavy atom. The molecule has 8 heteroatoms. The lowest BCUT2D eigenvalue weighted by Gasteiger charge is -2.25. The van der Waals surface area contributed by atoms with E-state index >= 15 is 0 Å². The molecule has 0 spiro atoms.